The van der Waals surface area contributed by atoms with Crippen LogP contribution in [0.2, 0.25) is 0 Å². The molecule has 3 rings (SSSR count). The first-order valence-electron chi connectivity index (χ1n) is 10.5. The maximum Gasteiger partial charge on any atom is 0.334 e. The monoisotopic (exact) mass is 397 g/mol. The second-order valence-corrected chi connectivity index (χ2v) is 7.79. The number of imidazole rings is 1. The van der Waals surface area contributed by atoms with Gasteiger partial charge < -0.3 is 9.67 Å². The van der Waals surface area contributed by atoms with Crippen molar-refractivity contribution in [2.45, 2.75) is 63.5 Å². The number of carboxylic acid groups (broad SMARTS) is 1. The number of rotatable bonds is 10. The lowest BCUT2D eigenvalue weighted by Gasteiger charge is -2.31. The van der Waals surface area contributed by atoms with Gasteiger partial charge in [0.05, 0.1) is 12.4 Å². The van der Waals surface area contributed by atoms with Gasteiger partial charge >= 0.3 is 5.97 Å². The Morgan fingerprint density at radius 2 is 2.03 bits per heavy atom. The van der Waals surface area contributed by atoms with E-state index in [2.05, 4.69) is 44.7 Å². The zero-order chi connectivity index (χ0) is 20.5. The van der Waals surface area contributed by atoms with Crippen LogP contribution in [0.25, 0.3) is 0 Å². The molecule has 1 aromatic heterocycles. The van der Waals surface area contributed by atoms with E-state index in [9.17, 15) is 9.90 Å². The van der Waals surface area contributed by atoms with Crippen LogP contribution in [-0.2, 0) is 16.1 Å². The average Bonchev–Trinajstić information content (AvgIpc) is 3.28. The molecule has 0 aliphatic heterocycles. The molecule has 1 fully saturated rings. The Kier molecular flexibility index (Phi) is 8.02. The molecule has 2 atom stereocenters. The van der Waals surface area contributed by atoms with Crippen LogP contribution in [0.3, 0.4) is 0 Å². The van der Waals surface area contributed by atoms with Crippen LogP contribution < -0.4 is 5.90 Å². The molecular formula is C23H31N3O3. The molecule has 2 aromatic rings. The molecule has 1 aliphatic rings. The lowest BCUT2D eigenvalue weighted by Crippen LogP contribution is -2.27. The molecule has 0 saturated heterocycles. The van der Waals surface area contributed by atoms with E-state index in [4.69, 9.17) is 5.90 Å². The molecule has 0 spiro atoms. The molecule has 6 nitrogen and oxygen atoms in total. The Bertz CT molecular complexity index is 768. The van der Waals surface area contributed by atoms with Gasteiger partial charge in [0.25, 0.3) is 0 Å². The fraction of sp³-hybridized carbons (Fsp3) is 0.478. The molecule has 156 valence electrons. The summed E-state index contributed by atoms with van der Waals surface area (Å²) in [7, 11) is 0. The number of nitrogens with zero attached hydrogens (tertiary/aromatic N) is 2. The van der Waals surface area contributed by atoms with Gasteiger partial charge in [-0.3, -0.25) is 4.84 Å². The van der Waals surface area contributed by atoms with Crippen LogP contribution >= 0.6 is 0 Å². The van der Waals surface area contributed by atoms with Crippen molar-refractivity contribution in [2.24, 2.45) is 11.8 Å². The van der Waals surface area contributed by atoms with Gasteiger partial charge in [0.2, 0.25) is 0 Å². The topological polar surface area (TPSA) is 90.4 Å². The average molecular weight is 398 g/mol. The van der Waals surface area contributed by atoms with Crippen LogP contribution in [0.1, 0.15) is 56.6 Å². The molecule has 3 N–H and O–H groups in total. The number of nitrogens with two attached hydrogens (primary N) is 1. The van der Waals surface area contributed by atoms with E-state index < -0.39 is 12.1 Å². The van der Waals surface area contributed by atoms with E-state index in [1.54, 1.807) is 0 Å². The summed E-state index contributed by atoms with van der Waals surface area (Å²) in [6.07, 6.45) is 15.0. The first kappa shape index (κ1) is 21.3. The third-order valence-corrected chi connectivity index (χ3v) is 5.87. The van der Waals surface area contributed by atoms with Crippen molar-refractivity contribution >= 4 is 5.97 Å². The van der Waals surface area contributed by atoms with Crippen molar-refractivity contribution in [1.82, 2.24) is 9.55 Å². The Balaban J connectivity index is 1.87. The lowest BCUT2D eigenvalue weighted by molar-refractivity contribution is -0.151. The number of aromatic nitrogens is 2. The first-order valence-corrected chi connectivity index (χ1v) is 10.5. The van der Waals surface area contributed by atoms with E-state index in [1.165, 1.54) is 43.2 Å². The fourth-order valence-electron chi connectivity index (χ4n) is 4.35. The normalized spacial score (nSPS) is 17.8. The highest BCUT2D eigenvalue weighted by Crippen LogP contribution is 2.37. The molecule has 6 heteroatoms. The number of carboxylic acids is 1. The second kappa shape index (κ2) is 10.9. The minimum Gasteiger partial charge on any atom is -0.479 e. The summed E-state index contributed by atoms with van der Waals surface area (Å²) in [5.74, 6) is 4.66. The van der Waals surface area contributed by atoms with Gasteiger partial charge in [-0.05, 0) is 49.2 Å². The Hall–Kier alpha value is -2.44. The van der Waals surface area contributed by atoms with E-state index in [0.717, 1.165) is 6.42 Å². The van der Waals surface area contributed by atoms with Crippen LogP contribution in [0.15, 0.2) is 60.7 Å². The smallest absolute Gasteiger partial charge is 0.334 e. The predicted octanol–water partition coefficient (Wildman–Crippen LogP) is 4.30. The maximum absolute atomic E-state index is 11.2. The summed E-state index contributed by atoms with van der Waals surface area (Å²) in [6, 6.07) is 10.7. The Morgan fingerprint density at radius 3 is 2.66 bits per heavy atom. The fourth-order valence-corrected chi connectivity index (χ4v) is 4.35. The molecule has 1 aromatic carbocycles. The van der Waals surface area contributed by atoms with Crippen LogP contribution in [-0.4, -0.2) is 26.7 Å². The van der Waals surface area contributed by atoms with Crippen molar-refractivity contribution in [3.05, 3.63) is 66.3 Å². The molecule has 2 unspecified atom stereocenters. The summed E-state index contributed by atoms with van der Waals surface area (Å²) in [5.41, 5.74) is 2.66. The highest BCUT2D eigenvalue weighted by Gasteiger charge is 2.26. The second-order valence-electron chi connectivity index (χ2n) is 7.79. The number of hydrogen-bond acceptors (Lipinski definition) is 4. The van der Waals surface area contributed by atoms with Gasteiger partial charge in [-0.15, -0.1) is 0 Å². The van der Waals surface area contributed by atoms with Crippen LogP contribution in [0, 0.1) is 5.92 Å². The first-order chi connectivity index (χ1) is 14.2. The van der Waals surface area contributed by atoms with E-state index in [0.29, 0.717) is 18.8 Å². The Labute approximate surface area is 172 Å². The minimum atomic E-state index is -1.02. The molecule has 29 heavy (non-hydrogen) atoms. The number of aliphatic carboxylic acids is 1. The summed E-state index contributed by atoms with van der Waals surface area (Å²) in [4.78, 5) is 20.1. The van der Waals surface area contributed by atoms with Crippen LogP contribution in [0.4, 0.5) is 0 Å². The molecule has 0 amide bonds. The van der Waals surface area contributed by atoms with Crippen molar-refractivity contribution in [3.63, 3.8) is 0 Å². The molecule has 1 heterocycles. The molecule has 0 bridgehead atoms. The zero-order valence-corrected chi connectivity index (χ0v) is 16.8. The molecule has 1 aliphatic carbocycles. The molecular weight excluding hydrogens is 366 g/mol. The largest absolute Gasteiger partial charge is 0.479 e. The van der Waals surface area contributed by atoms with Gasteiger partial charge in [-0.1, -0.05) is 55.7 Å². The van der Waals surface area contributed by atoms with E-state index >= 15 is 0 Å². The van der Waals surface area contributed by atoms with Crippen LogP contribution in [0.5, 0.6) is 0 Å². The quantitative estimate of drug-likeness (QED) is 0.461. The van der Waals surface area contributed by atoms with Crippen molar-refractivity contribution in [1.29, 1.82) is 0 Å². The third kappa shape index (κ3) is 6.02. The Morgan fingerprint density at radius 1 is 1.28 bits per heavy atom. The third-order valence-electron chi connectivity index (χ3n) is 5.87. The van der Waals surface area contributed by atoms with Gasteiger partial charge in [0.1, 0.15) is 0 Å². The van der Waals surface area contributed by atoms with E-state index in [-0.39, 0.29) is 6.04 Å². The minimum absolute atomic E-state index is 0.171. The summed E-state index contributed by atoms with van der Waals surface area (Å²) < 4.78 is 2.18. The zero-order valence-electron chi connectivity index (χ0n) is 16.8. The number of allylic oxidation sites excluding steroid dienone is 2. The van der Waals surface area contributed by atoms with Gasteiger partial charge in [-0.25, -0.2) is 15.7 Å². The van der Waals surface area contributed by atoms with Crippen molar-refractivity contribution < 1.29 is 14.7 Å². The number of hydrogen-bond donors (Lipinski definition) is 2. The standard InChI is InChI=1S/C23H31N3O3/c24-29-22(23(27)28)13-7-12-20(19-10-5-2-6-11-19)21(26-15-14-25-17-26)16-18-8-3-1-4-9-18/h1,3-4,8-9,12,14-15,17,19,21-22H,2,5-7,10-11,13,16,24H2,(H,27,28)/b20-12+. The molecule has 0 radical (unpaired) electrons. The number of benzene rings is 1. The maximum atomic E-state index is 11.2. The van der Waals surface area contributed by atoms with Crippen molar-refractivity contribution in [3.8, 4) is 0 Å². The van der Waals surface area contributed by atoms with Gasteiger partial charge in [-0.2, -0.15) is 0 Å². The lowest BCUT2D eigenvalue weighted by atomic mass is 9.79. The summed E-state index contributed by atoms with van der Waals surface area (Å²) in [5, 5.41) is 9.20. The highest BCUT2D eigenvalue weighted by molar-refractivity contribution is 5.72. The highest BCUT2D eigenvalue weighted by atomic mass is 16.6. The predicted molar refractivity (Wildman–Crippen MR) is 112 cm³/mol. The molecule has 1 saturated carbocycles. The number of carbonyl (C=O) groups is 1. The van der Waals surface area contributed by atoms with Gasteiger partial charge in [0, 0.05) is 12.4 Å². The summed E-state index contributed by atoms with van der Waals surface area (Å²) in [6.45, 7) is 0. The van der Waals surface area contributed by atoms with Crippen molar-refractivity contribution in [2.75, 3.05) is 0 Å². The SMILES string of the molecule is NOC(CC/C=C(\C1CCCCC1)C(Cc1ccccc1)n1ccnc1)C(=O)O. The van der Waals surface area contributed by atoms with Gasteiger partial charge in [0.15, 0.2) is 6.10 Å². The summed E-state index contributed by atoms with van der Waals surface area (Å²) >= 11 is 0. The van der Waals surface area contributed by atoms with E-state index in [1.807, 2.05) is 24.8 Å².